The van der Waals surface area contributed by atoms with Crippen LogP contribution in [0.4, 0.5) is 21.9 Å². The summed E-state index contributed by atoms with van der Waals surface area (Å²) in [4.78, 5) is 34.3. The predicted octanol–water partition coefficient (Wildman–Crippen LogP) is 5.23. The van der Waals surface area contributed by atoms with Gasteiger partial charge in [0.25, 0.3) is 5.69 Å². The Labute approximate surface area is 202 Å². The van der Waals surface area contributed by atoms with Crippen molar-refractivity contribution in [1.82, 2.24) is 14.9 Å². The van der Waals surface area contributed by atoms with E-state index in [4.69, 9.17) is 0 Å². The summed E-state index contributed by atoms with van der Waals surface area (Å²) in [7, 11) is 0. The Kier molecular flexibility index (Phi) is 7.72. The Morgan fingerprint density at radius 1 is 0.800 bits per heavy atom. The second-order valence-corrected chi connectivity index (χ2v) is 7.83. The maximum Gasteiger partial charge on any atom is 0.323 e. The molecule has 2 heterocycles. The van der Waals surface area contributed by atoms with Crippen molar-refractivity contribution in [2.45, 2.75) is 19.6 Å². The molecule has 0 radical (unpaired) electrons. The zero-order chi connectivity index (χ0) is 24.5. The molecule has 0 atom stereocenters. The lowest BCUT2D eigenvalue weighted by Crippen LogP contribution is -2.25. The topological polar surface area (TPSA) is 113 Å². The van der Waals surface area contributed by atoms with E-state index in [0.29, 0.717) is 31.0 Å². The maximum absolute atomic E-state index is 12.7. The van der Waals surface area contributed by atoms with E-state index in [1.165, 1.54) is 18.2 Å². The molecule has 0 unspecified atom stereocenters. The third-order valence-electron chi connectivity index (χ3n) is 5.20. The van der Waals surface area contributed by atoms with Crippen LogP contribution in [-0.2, 0) is 19.6 Å². The second-order valence-electron chi connectivity index (χ2n) is 7.83. The van der Waals surface area contributed by atoms with Crippen LogP contribution < -0.4 is 10.6 Å². The predicted molar refractivity (Wildman–Crippen MR) is 134 cm³/mol. The van der Waals surface area contributed by atoms with Crippen LogP contribution in [0, 0.1) is 10.1 Å². The van der Waals surface area contributed by atoms with Crippen molar-refractivity contribution in [3.05, 3.63) is 124 Å². The number of anilines is 2. The van der Waals surface area contributed by atoms with Gasteiger partial charge in [-0.3, -0.25) is 25.0 Å². The van der Waals surface area contributed by atoms with Crippen LogP contribution in [0.5, 0.6) is 0 Å². The number of aromatic nitrogens is 2. The highest BCUT2D eigenvalue weighted by Crippen LogP contribution is 2.21. The molecule has 0 spiro atoms. The number of para-hydroxylation sites is 1. The largest absolute Gasteiger partial charge is 0.323 e. The lowest BCUT2D eigenvalue weighted by atomic mass is 10.1. The van der Waals surface area contributed by atoms with Gasteiger partial charge in [-0.2, -0.15) is 0 Å². The highest BCUT2D eigenvalue weighted by Gasteiger charge is 2.14. The molecule has 0 saturated heterocycles. The number of hydrogen-bond donors (Lipinski definition) is 2. The van der Waals surface area contributed by atoms with E-state index in [1.807, 2.05) is 60.7 Å². The van der Waals surface area contributed by atoms with Gasteiger partial charge in [0.1, 0.15) is 0 Å². The molecule has 0 aliphatic heterocycles. The first-order chi connectivity index (χ1) is 17.1. The standard InChI is InChI=1S/C26H24N6O3/c33-26(29-21-11-7-12-24(16-21)32(34)35)30-25-13-2-1-8-20(25)17-31(18-22-9-3-5-14-27-22)19-23-10-4-6-15-28-23/h1-16H,17-19H2,(H2,29,30,33). The van der Waals surface area contributed by atoms with Gasteiger partial charge in [-0.1, -0.05) is 36.4 Å². The minimum Gasteiger partial charge on any atom is -0.307 e. The zero-order valence-corrected chi connectivity index (χ0v) is 18.9. The average molecular weight is 469 g/mol. The van der Waals surface area contributed by atoms with Gasteiger partial charge in [-0.05, 0) is 42.0 Å². The lowest BCUT2D eigenvalue weighted by Gasteiger charge is -2.23. The number of nitrogens with one attached hydrogen (secondary N) is 2. The van der Waals surface area contributed by atoms with Crippen molar-refractivity contribution in [3.63, 3.8) is 0 Å². The van der Waals surface area contributed by atoms with Crippen LogP contribution in [0.15, 0.2) is 97.3 Å². The van der Waals surface area contributed by atoms with Crippen molar-refractivity contribution in [2.75, 3.05) is 10.6 Å². The van der Waals surface area contributed by atoms with E-state index >= 15 is 0 Å². The number of nitrogens with zero attached hydrogens (tertiary/aromatic N) is 4. The molecular weight excluding hydrogens is 444 g/mol. The Bertz CT molecular complexity index is 1240. The highest BCUT2D eigenvalue weighted by molar-refractivity contribution is 6.00. The number of non-ortho nitro benzene ring substituents is 1. The van der Waals surface area contributed by atoms with E-state index in [-0.39, 0.29) is 5.69 Å². The number of rotatable bonds is 9. The van der Waals surface area contributed by atoms with Crippen molar-refractivity contribution in [3.8, 4) is 0 Å². The molecule has 0 aliphatic rings. The van der Waals surface area contributed by atoms with Crippen LogP contribution in [0.2, 0.25) is 0 Å². The molecule has 4 aromatic rings. The van der Waals surface area contributed by atoms with Gasteiger partial charge < -0.3 is 10.6 Å². The van der Waals surface area contributed by atoms with Gasteiger partial charge in [0, 0.05) is 55.5 Å². The average Bonchev–Trinajstić information content (AvgIpc) is 2.86. The van der Waals surface area contributed by atoms with Gasteiger partial charge in [0.15, 0.2) is 0 Å². The molecule has 9 nitrogen and oxygen atoms in total. The summed E-state index contributed by atoms with van der Waals surface area (Å²) >= 11 is 0. The van der Waals surface area contributed by atoms with E-state index in [1.54, 1.807) is 18.5 Å². The van der Waals surface area contributed by atoms with Crippen LogP contribution in [0.25, 0.3) is 0 Å². The van der Waals surface area contributed by atoms with E-state index in [0.717, 1.165) is 17.0 Å². The fraction of sp³-hybridized carbons (Fsp3) is 0.115. The van der Waals surface area contributed by atoms with Gasteiger partial charge in [0.05, 0.1) is 16.3 Å². The number of carbonyl (C=O) groups excluding carboxylic acids is 1. The minimum atomic E-state index is -0.504. The summed E-state index contributed by atoms with van der Waals surface area (Å²) in [5, 5.41) is 16.5. The fourth-order valence-electron chi connectivity index (χ4n) is 3.61. The van der Waals surface area contributed by atoms with Crippen molar-refractivity contribution in [2.24, 2.45) is 0 Å². The summed E-state index contributed by atoms with van der Waals surface area (Å²) < 4.78 is 0. The van der Waals surface area contributed by atoms with E-state index in [9.17, 15) is 14.9 Å². The molecule has 0 saturated carbocycles. The monoisotopic (exact) mass is 468 g/mol. The maximum atomic E-state index is 12.7. The summed E-state index contributed by atoms with van der Waals surface area (Å²) in [6.07, 6.45) is 3.53. The molecule has 2 aromatic carbocycles. The number of benzene rings is 2. The number of urea groups is 1. The Morgan fingerprint density at radius 2 is 1.46 bits per heavy atom. The molecule has 4 rings (SSSR count). The quantitative estimate of drug-likeness (QED) is 0.257. The first-order valence-corrected chi connectivity index (χ1v) is 11.0. The summed E-state index contributed by atoms with van der Waals surface area (Å²) in [6.45, 7) is 1.75. The number of amides is 2. The number of nitro benzene ring substituents is 1. The first-order valence-electron chi connectivity index (χ1n) is 11.0. The van der Waals surface area contributed by atoms with Crippen molar-refractivity contribution < 1.29 is 9.72 Å². The molecule has 0 aliphatic carbocycles. The molecule has 0 fully saturated rings. The number of pyridine rings is 2. The van der Waals surface area contributed by atoms with E-state index in [2.05, 4.69) is 25.5 Å². The molecular formula is C26H24N6O3. The van der Waals surface area contributed by atoms with Gasteiger partial charge in [0.2, 0.25) is 0 Å². The van der Waals surface area contributed by atoms with Gasteiger partial charge >= 0.3 is 6.03 Å². The molecule has 2 aromatic heterocycles. The number of nitro groups is 1. The third-order valence-corrected chi connectivity index (χ3v) is 5.20. The molecule has 0 bridgehead atoms. The Hall–Kier alpha value is -4.63. The first kappa shape index (κ1) is 23.5. The summed E-state index contributed by atoms with van der Waals surface area (Å²) in [6, 6.07) is 24.5. The SMILES string of the molecule is O=C(Nc1cccc([N+](=O)[O-])c1)Nc1ccccc1CN(Cc1ccccn1)Cc1ccccn1. The molecule has 176 valence electrons. The van der Waals surface area contributed by atoms with Crippen molar-refractivity contribution >= 4 is 23.1 Å². The lowest BCUT2D eigenvalue weighted by molar-refractivity contribution is -0.384. The van der Waals surface area contributed by atoms with Crippen LogP contribution in [-0.4, -0.2) is 25.8 Å². The molecule has 35 heavy (non-hydrogen) atoms. The van der Waals surface area contributed by atoms with Crippen LogP contribution in [0.1, 0.15) is 17.0 Å². The smallest absolute Gasteiger partial charge is 0.307 e. The molecule has 2 amide bonds. The molecule has 9 heteroatoms. The second kappa shape index (κ2) is 11.5. The van der Waals surface area contributed by atoms with Gasteiger partial charge in [-0.15, -0.1) is 0 Å². The number of carbonyl (C=O) groups is 1. The third kappa shape index (κ3) is 6.92. The van der Waals surface area contributed by atoms with Crippen LogP contribution in [0.3, 0.4) is 0 Å². The Balaban J connectivity index is 1.50. The Morgan fingerprint density at radius 3 is 2.09 bits per heavy atom. The molecule has 2 N–H and O–H groups in total. The van der Waals surface area contributed by atoms with E-state index < -0.39 is 11.0 Å². The summed E-state index contributed by atoms with van der Waals surface area (Å²) in [5.74, 6) is 0. The zero-order valence-electron chi connectivity index (χ0n) is 18.9. The number of hydrogen-bond acceptors (Lipinski definition) is 6. The van der Waals surface area contributed by atoms with Gasteiger partial charge in [-0.25, -0.2) is 4.79 Å². The fourth-order valence-corrected chi connectivity index (χ4v) is 3.61. The minimum absolute atomic E-state index is 0.0946. The normalized spacial score (nSPS) is 10.7. The summed E-state index contributed by atoms with van der Waals surface area (Å²) in [5.41, 5.74) is 3.65. The highest BCUT2D eigenvalue weighted by atomic mass is 16.6. The van der Waals surface area contributed by atoms with Crippen molar-refractivity contribution in [1.29, 1.82) is 0 Å². The van der Waals surface area contributed by atoms with Crippen LogP contribution >= 0.6 is 0 Å².